The predicted molar refractivity (Wildman–Crippen MR) is 101 cm³/mol. The summed E-state index contributed by atoms with van der Waals surface area (Å²) in [7, 11) is 0. The number of anilines is 3. The average molecular weight is 369 g/mol. The molecule has 2 aromatic heterocycles. The van der Waals surface area contributed by atoms with Crippen molar-refractivity contribution in [1.29, 1.82) is 0 Å². The summed E-state index contributed by atoms with van der Waals surface area (Å²) in [6, 6.07) is 0.402. The molecule has 2 bridgehead atoms. The van der Waals surface area contributed by atoms with Crippen LogP contribution in [0.25, 0.3) is 4.85 Å². The molecule has 27 heavy (non-hydrogen) atoms. The molecule has 2 N–H and O–H groups in total. The molecule has 0 saturated carbocycles. The van der Waals surface area contributed by atoms with E-state index in [0.29, 0.717) is 36.0 Å². The van der Waals surface area contributed by atoms with E-state index in [2.05, 4.69) is 25.4 Å². The lowest BCUT2D eigenvalue weighted by atomic mass is 10.1. The van der Waals surface area contributed by atoms with Crippen molar-refractivity contribution >= 4 is 23.1 Å². The van der Waals surface area contributed by atoms with Crippen LogP contribution in [0.1, 0.15) is 37.9 Å². The van der Waals surface area contributed by atoms with Gasteiger partial charge in [0, 0.05) is 31.9 Å². The molecule has 142 valence electrons. The molecular formula is C18H23N7O2. The van der Waals surface area contributed by atoms with E-state index in [-0.39, 0.29) is 6.04 Å². The van der Waals surface area contributed by atoms with Crippen LogP contribution in [0.5, 0.6) is 5.88 Å². The first-order valence-electron chi connectivity index (χ1n) is 9.23. The first-order valence-corrected chi connectivity index (χ1v) is 9.23. The number of nitrogens with one attached hydrogen (secondary N) is 2. The quantitative estimate of drug-likeness (QED) is 0.746. The molecule has 1 atom stereocenters. The second-order valence-electron chi connectivity index (χ2n) is 6.90. The number of hydrogen-bond acceptors (Lipinski definition) is 7. The summed E-state index contributed by atoms with van der Waals surface area (Å²) in [5.74, 6) is 1.51. The molecular weight excluding hydrogens is 346 g/mol. The summed E-state index contributed by atoms with van der Waals surface area (Å²) in [4.78, 5) is 12.3. The number of rotatable bonds is 1. The molecule has 9 heteroatoms. The summed E-state index contributed by atoms with van der Waals surface area (Å²) in [6.45, 7) is 13.4. The molecule has 0 amide bonds. The van der Waals surface area contributed by atoms with Crippen LogP contribution in [-0.2, 0) is 4.74 Å². The molecule has 9 nitrogen and oxygen atoms in total. The fourth-order valence-corrected chi connectivity index (χ4v) is 3.40. The Morgan fingerprint density at radius 3 is 2.85 bits per heavy atom. The van der Waals surface area contributed by atoms with E-state index in [9.17, 15) is 0 Å². The summed E-state index contributed by atoms with van der Waals surface area (Å²) in [5.41, 5.74) is 2.16. The lowest BCUT2D eigenvalue weighted by molar-refractivity contribution is 0.0652. The van der Waals surface area contributed by atoms with E-state index < -0.39 is 0 Å². The molecule has 2 aliphatic rings. The number of aromatic nitrogens is 4. The van der Waals surface area contributed by atoms with Gasteiger partial charge in [0.05, 0.1) is 24.9 Å². The standard InChI is InChI=1S/C18H23N7O2/c1-11-4-9-27-17-15(12(2)25(24-17)13-5-7-26-8-6-13)22-18-20-10-14(19-3)16(21-11)23-18/h10-11,13H,4-9H2,1-2H3,(H2,20,21,22,23)/t11-/m1/s1. The monoisotopic (exact) mass is 369 g/mol. The van der Waals surface area contributed by atoms with Crippen LogP contribution in [0.15, 0.2) is 6.20 Å². The minimum absolute atomic E-state index is 0.105. The Morgan fingerprint density at radius 2 is 2.07 bits per heavy atom. The molecule has 0 aliphatic carbocycles. The Kier molecular flexibility index (Phi) is 4.81. The van der Waals surface area contributed by atoms with E-state index in [4.69, 9.17) is 21.1 Å². The Labute approximate surface area is 157 Å². The topological polar surface area (TPSA) is 90.5 Å². The van der Waals surface area contributed by atoms with Gasteiger partial charge in [-0.05, 0) is 26.7 Å². The highest BCUT2D eigenvalue weighted by atomic mass is 16.5. The van der Waals surface area contributed by atoms with E-state index in [1.165, 1.54) is 6.20 Å². The first kappa shape index (κ1) is 17.5. The summed E-state index contributed by atoms with van der Waals surface area (Å²) in [5, 5.41) is 11.2. The SMILES string of the molecule is [C-]#[N+]c1cnc2nc1N[C@H](C)CCOc1nn(C3CCOCC3)c(C)c1N2. The van der Waals surface area contributed by atoms with Crippen molar-refractivity contribution in [2.75, 3.05) is 30.5 Å². The zero-order valence-electron chi connectivity index (χ0n) is 15.5. The van der Waals surface area contributed by atoms with Gasteiger partial charge in [-0.25, -0.2) is 14.8 Å². The Hall–Kier alpha value is -2.86. The van der Waals surface area contributed by atoms with Crippen LogP contribution in [0.4, 0.5) is 23.1 Å². The van der Waals surface area contributed by atoms with Gasteiger partial charge in [-0.3, -0.25) is 4.68 Å². The van der Waals surface area contributed by atoms with Crippen LogP contribution < -0.4 is 15.4 Å². The first-order chi connectivity index (χ1) is 13.2. The second-order valence-corrected chi connectivity index (χ2v) is 6.90. The molecule has 0 radical (unpaired) electrons. The molecule has 0 aromatic carbocycles. The molecule has 1 saturated heterocycles. The van der Waals surface area contributed by atoms with Gasteiger partial charge in [0.25, 0.3) is 5.88 Å². The van der Waals surface area contributed by atoms with E-state index >= 15 is 0 Å². The van der Waals surface area contributed by atoms with Crippen LogP contribution >= 0.6 is 0 Å². The predicted octanol–water partition coefficient (Wildman–Crippen LogP) is 3.21. The smallest absolute Gasteiger partial charge is 0.257 e. The van der Waals surface area contributed by atoms with Crippen molar-refractivity contribution in [3.05, 3.63) is 23.3 Å². The van der Waals surface area contributed by atoms with Gasteiger partial charge >= 0.3 is 0 Å². The maximum atomic E-state index is 7.32. The summed E-state index contributed by atoms with van der Waals surface area (Å²) >= 11 is 0. The van der Waals surface area contributed by atoms with E-state index in [1.807, 2.05) is 18.5 Å². The van der Waals surface area contributed by atoms with Crippen molar-refractivity contribution in [2.45, 2.75) is 45.2 Å². The van der Waals surface area contributed by atoms with Crippen LogP contribution in [0.3, 0.4) is 0 Å². The number of nitrogens with zero attached hydrogens (tertiary/aromatic N) is 5. The van der Waals surface area contributed by atoms with Crippen LogP contribution in [-0.4, -0.2) is 45.6 Å². The van der Waals surface area contributed by atoms with Gasteiger partial charge in [-0.2, -0.15) is 0 Å². The summed E-state index contributed by atoms with van der Waals surface area (Å²) < 4.78 is 13.5. The highest BCUT2D eigenvalue weighted by Crippen LogP contribution is 2.35. The third-order valence-corrected chi connectivity index (χ3v) is 4.95. The second kappa shape index (κ2) is 7.40. The lowest BCUT2D eigenvalue weighted by Crippen LogP contribution is -2.21. The molecule has 1 fully saturated rings. The number of ether oxygens (including phenoxy) is 2. The van der Waals surface area contributed by atoms with Gasteiger partial charge in [0.15, 0.2) is 0 Å². The van der Waals surface area contributed by atoms with Gasteiger partial charge in [0.1, 0.15) is 11.5 Å². The van der Waals surface area contributed by atoms with Crippen LogP contribution in [0, 0.1) is 13.5 Å². The number of hydrogen-bond donors (Lipinski definition) is 2. The molecule has 4 heterocycles. The average Bonchev–Trinajstić information content (AvgIpc) is 2.97. The van der Waals surface area contributed by atoms with Gasteiger partial charge in [-0.15, -0.1) is 5.10 Å². The van der Waals surface area contributed by atoms with Gasteiger partial charge in [-0.1, -0.05) is 0 Å². The zero-order valence-corrected chi connectivity index (χ0v) is 15.5. The largest absolute Gasteiger partial charge is 0.475 e. The number of fused-ring (bicyclic) bond motifs is 3. The third kappa shape index (κ3) is 3.53. The lowest BCUT2D eigenvalue weighted by Gasteiger charge is -2.23. The molecule has 4 rings (SSSR count). The Morgan fingerprint density at radius 1 is 1.26 bits per heavy atom. The van der Waals surface area contributed by atoms with Crippen molar-refractivity contribution in [3.63, 3.8) is 0 Å². The van der Waals surface area contributed by atoms with Crippen molar-refractivity contribution in [3.8, 4) is 5.88 Å². The molecule has 0 spiro atoms. The highest BCUT2D eigenvalue weighted by Gasteiger charge is 2.25. The van der Waals surface area contributed by atoms with Gasteiger partial charge in [0.2, 0.25) is 11.6 Å². The summed E-state index contributed by atoms with van der Waals surface area (Å²) in [6.07, 6.45) is 4.17. The Bertz CT molecular complexity index is 867. The maximum Gasteiger partial charge on any atom is 0.257 e. The van der Waals surface area contributed by atoms with Crippen molar-refractivity contribution in [1.82, 2.24) is 19.7 Å². The van der Waals surface area contributed by atoms with E-state index in [1.54, 1.807) is 0 Å². The fraction of sp³-hybridized carbons (Fsp3) is 0.556. The van der Waals surface area contributed by atoms with Gasteiger partial charge < -0.3 is 20.1 Å². The van der Waals surface area contributed by atoms with Crippen LogP contribution in [0.2, 0.25) is 0 Å². The highest BCUT2D eigenvalue weighted by molar-refractivity contribution is 5.69. The van der Waals surface area contributed by atoms with Crippen molar-refractivity contribution < 1.29 is 9.47 Å². The zero-order chi connectivity index (χ0) is 18.8. The third-order valence-electron chi connectivity index (χ3n) is 4.95. The minimum atomic E-state index is 0.105. The fourth-order valence-electron chi connectivity index (χ4n) is 3.40. The molecule has 2 aromatic rings. The van der Waals surface area contributed by atoms with Crippen molar-refractivity contribution in [2.24, 2.45) is 0 Å². The molecule has 0 unspecified atom stereocenters. The normalized spacial score (nSPS) is 20.3. The Balaban J connectivity index is 1.73. The molecule has 2 aliphatic heterocycles. The van der Waals surface area contributed by atoms with E-state index in [0.717, 1.165) is 43.9 Å². The minimum Gasteiger partial charge on any atom is -0.475 e. The maximum absolute atomic E-state index is 7.32.